The summed E-state index contributed by atoms with van der Waals surface area (Å²) in [4.78, 5) is 4.67. The molecule has 3 rings (SSSR count). The highest BCUT2D eigenvalue weighted by molar-refractivity contribution is 5.46. The van der Waals surface area contributed by atoms with Crippen LogP contribution in [0.3, 0.4) is 0 Å². The smallest absolute Gasteiger partial charge is 0.119 e. The molecule has 2 aromatic carbocycles. The van der Waals surface area contributed by atoms with Gasteiger partial charge in [0, 0.05) is 32.4 Å². The average molecular weight is 425 g/mol. The van der Waals surface area contributed by atoms with Gasteiger partial charge in [-0.1, -0.05) is 24.6 Å². The van der Waals surface area contributed by atoms with E-state index in [4.69, 9.17) is 9.84 Å². The Labute approximate surface area is 188 Å². The second-order valence-corrected chi connectivity index (χ2v) is 9.05. The first-order chi connectivity index (χ1) is 15.1. The maximum atomic E-state index is 8.84. The monoisotopic (exact) mass is 424 g/mol. The topological polar surface area (TPSA) is 35.9 Å². The molecule has 31 heavy (non-hydrogen) atoms. The molecule has 1 aliphatic rings. The lowest BCUT2D eigenvalue weighted by atomic mass is 10.1. The van der Waals surface area contributed by atoms with Gasteiger partial charge < -0.3 is 14.7 Å². The van der Waals surface area contributed by atoms with Gasteiger partial charge in [-0.3, -0.25) is 4.90 Å². The summed E-state index contributed by atoms with van der Waals surface area (Å²) in [6.45, 7) is 2.18. The summed E-state index contributed by atoms with van der Waals surface area (Å²) in [6.07, 6.45) is 8.82. The van der Waals surface area contributed by atoms with Crippen molar-refractivity contribution in [3.8, 4) is 5.75 Å². The van der Waals surface area contributed by atoms with Crippen LogP contribution in [0.2, 0.25) is 0 Å². The zero-order chi connectivity index (χ0) is 22.1. The van der Waals surface area contributed by atoms with Crippen LogP contribution < -0.4 is 9.64 Å². The van der Waals surface area contributed by atoms with Crippen LogP contribution in [0.1, 0.15) is 61.3 Å². The third-order valence-electron chi connectivity index (χ3n) is 6.44. The molecule has 2 aromatic rings. The van der Waals surface area contributed by atoms with Gasteiger partial charge in [0.1, 0.15) is 5.75 Å². The van der Waals surface area contributed by atoms with Gasteiger partial charge in [-0.05, 0) is 99.5 Å². The second kappa shape index (κ2) is 12.1. The SMILES string of the molecule is CN(C)c1ccc(CCCN(C)C2CCc3cc(OCCCCCCO)ccc32)cc1. The summed E-state index contributed by atoms with van der Waals surface area (Å²) < 4.78 is 5.97. The number of hydrogen-bond donors (Lipinski definition) is 1. The van der Waals surface area contributed by atoms with E-state index in [1.54, 1.807) is 0 Å². The van der Waals surface area contributed by atoms with E-state index in [9.17, 15) is 0 Å². The summed E-state index contributed by atoms with van der Waals surface area (Å²) in [5.41, 5.74) is 5.61. The first-order valence-electron chi connectivity index (χ1n) is 11.9. The van der Waals surface area contributed by atoms with Crippen molar-refractivity contribution in [3.63, 3.8) is 0 Å². The number of aryl methyl sites for hydroxylation is 2. The molecule has 4 heteroatoms. The molecule has 1 N–H and O–H groups in total. The van der Waals surface area contributed by atoms with E-state index in [0.29, 0.717) is 12.6 Å². The third-order valence-corrected chi connectivity index (χ3v) is 6.44. The van der Waals surface area contributed by atoms with Crippen LogP contribution in [0.5, 0.6) is 5.75 Å². The van der Waals surface area contributed by atoms with E-state index < -0.39 is 0 Å². The molecule has 0 saturated carbocycles. The maximum absolute atomic E-state index is 8.84. The molecule has 0 amide bonds. The minimum absolute atomic E-state index is 0.297. The minimum atomic E-state index is 0.297. The average Bonchev–Trinajstić information content (AvgIpc) is 3.20. The molecule has 0 bridgehead atoms. The molecule has 1 unspecified atom stereocenters. The summed E-state index contributed by atoms with van der Waals surface area (Å²) in [6, 6.07) is 16.1. The summed E-state index contributed by atoms with van der Waals surface area (Å²) in [5, 5.41) is 8.84. The fourth-order valence-corrected chi connectivity index (χ4v) is 4.53. The van der Waals surface area contributed by atoms with Gasteiger partial charge in [-0.25, -0.2) is 0 Å². The Kier molecular flexibility index (Phi) is 9.23. The van der Waals surface area contributed by atoms with Crippen molar-refractivity contribution in [3.05, 3.63) is 59.2 Å². The number of aliphatic hydroxyl groups is 1. The Morgan fingerprint density at radius 2 is 1.71 bits per heavy atom. The van der Waals surface area contributed by atoms with Crippen molar-refractivity contribution >= 4 is 5.69 Å². The van der Waals surface area contributed by atoms with Gasteiger partial charge in [0.2, 0.25) is 0 Å². The molecule has 0 saturated heterocycles. The lowest BCUT2D eigenvalue weighted by Gasteiger charge is -2.25. The number of ether oxygens (including phenoxy) is 1. The Morgan fingerprint density at radius 1 is 0.935 bits per heavy atom. The molecule has 0 heterocycles. The first kappa shape index (κ1) is 23.6. The second-order valence-electron chi connectivity index (χ2n) is 9.05. The molecule has 4 nitrogen and oxygen atoms in total. The molecule has 0 aromatic heterocycles. The van der Waals surface area contributed by atoms with Gasteiger partial charge >= 0.3 is 0 Å². The molecule has 0 aliphatic heterocycles. The van der Waals surface area contributed by atoms with Crippen LogP contribution in [0.25, 0.3) is 0 Å². The zero-order valence-electron chi connectivity index (χ0n) is 19.6. The highest BCUT2D eigenvalue weighted by Crippen LogP contribution is 2.37. The number of anilines is 1. The fourth-order valence-electron chi connectivity index (χ4n) is 4.53. The number of aliphatic hydroxyl groups excluding tert-OH is 1. The van der Waals surface area contributed by atoms with E-state index in [2.05, 4.69) is 73.4 Å². The van der Waals surface area contributed by atoms with Gasteiger partial charge in [0.25, 0.3) is 0 Å². The number of unbranched alkanes of at least 4 members (excludes halogenated alkanes) is 3. The largest absolute Gasteiger partial charge is 0.494 e. The van der Waals surface area contributed by atoms with Gasteiger partial charge in [0.05, 0.1) is 6.61 Å². The summed E-state index contributed by atoms with van der Waals surface area (Å²) >= 11 is 0. The van der Waals surface area contributed by atoms with E-state index in [1.165, 1.54) is 35.2 Å². The van der Waals surface area contributed by atoms with Crippen LogP contribution in [0.4, 0.5) is 5.69 Å². The van der Waals surface area contributed by atoms with E-state index >= 15 is 0 Å². The lowest BCUT2D eigenvalue weighted by Crippen LogP contribution is -2.24. The van der Waals surface area contributed by atoms with Crippen molar-refractivity contribution in [2.45, 2.75) is 57.4 Å². The van der Waals surface area contributed by atoms with Crippen LogP contribution >= 0.6 is 0 Å². The summed E-state index contributed by atoms with van der Waals surface area (Å²) in [7, 11) is 6.44. The summed E-state index contributed by atoms with van der Waals surface area (Å²) in [5.74, 6) is 1.00. The van der Waals surface area contributed by atoms with E-state index in [-0.39, 0.29) is 0 Å². The Morgan fingerprint density at radius 3 is 2.45 bits per heavy atom. The molecular formula is C27H40N2O2. The predicted molar refractivity (Wildman–Crippen MR) is 130 cm³/mol. The maximum Gasteiger partial charge on any atom is 0.119 e. The molecule has 170 valence electrons. The van der Waals surface area contributed by atoms with Gasteiger partial charge in [-0.2, -0.15) is 0 Å². The number of nitrogens with zero attached hydrogens (tertiary/aromatic N) is 2. The van der Waals surface area contributed by atoms with Crippen LogP contribution in [0, 0.1) is 0 Å². The third kappa shape index (κ3) is 6.98. The molecule has 1 atom stereocenters. The van der Waals surface area contributed by atoms with Crippen LogP contribution in [0.15, 0.2) is 42.5 Å². The van der Waals surface area contributed by atoms with E-state index in [1.807, 2.05) is 0 Å². The standard InChI is InChI=1S/C27H40N2O2/c1-28(2)24-13-10-22(11-14-24)9-8-18-29(3)27-17-12-23-21-25(15-16-26(23)27)31-20-7-5-4-6-19-30/h10-11,13-16,21,27,30H,4-9,12,17-20H2,1-3H3. The minimum Gasteiger partial charge on any atom is -0.494 e. The number of rotatable bonds is 13. The normalized spacial score (nSPS) is 15.3. The lowest BCUT2D eigenvalue weighted by molar-refractivity contribution is 0.241. The van der Waals surface area contributed by atoms with Crippen molar-refractivity contribution < 1.29 is 9.84 Å². The number of fused-ring (bicyclic) bond motifs is 1. The van der Waals surface area contributed by atoms with Crippen LogP contribution in [-0.4, -0.2) is 50.9 Å². The van der Waals surface area contributed by atoms with Crippen LogP contribution in [-0.2, 0) is 12.8 Å². The molecule has 0 radical (unpaired) electrons. The fraction of sp³-hybridized carbons (Fsp3) is 0.556. The van der Waals surface area contributed by atoms with Crippen molar-refractivity contribution in [1.82, 2.24) is 4.90 Å². The predicted octanol–water partition coefficient (Wildman–Crippen LogP) is 5.24. The van der Waals surface area contributed by atoms with Crippen molar-refractivity contribution in [2.24, 2.45) is 0 Å². The zero-order valence-corrected chi connectivity index (χ0v) is 19.6. The molecule has 0 spiro atoms. The van der Waals surface area contributed by atoms with Gasteiger partial charge in [-0.15, -0.1) is 0 Å². The highest BCUT2D eigenvalue weighted by Gasteiger charge is 2.25. The highest BCUT2D eigenvalue weighted by atomic mass is 16.5. The molecule has 0 fully saturated rings. The first-order valence-corrected chi connectivity index (χ1v) is 11.9. The molecule has 1 aliphatic carbocycles. The van der Waals surface area contributed by atoms with Crippen molar-refractivity contribution in [2.75, 3.05) is 45.8 Å². The number of hydrogen-bond acceptors (Lipinski definition) is 4. The molecular weight excluding hydrogens is 384 g/mol. The van der Waals surface area contributed by atoms with Crippen molar-refractivity contribution in [1.29, 1.82) is 0 Å². The quantitative estimate of drug-likeness (QED) is 0.446. The Balaban J connectivity index is 1.43. The number of benzene rings is 2. The van der Waals surface area contributed by atoms with E-state index in [0.717, 1.165) is 57.4 Å². The Hall–Kier alpha value is -2.04. The Bertz CT molecular complexity index is 788. The van der Waals surface area contributed by atoms with Gasteiger partial charge in [0.15, 0.2) is 0 Å².